The second-order valence-electron chi connectivity index (χ2n) is 6.95. The maximum Gasteiger partial charge on any atom is 0.227 e. The van der Waals surface area contributed by atoms with Crippen molar-refractivity contribution in [1.29, 1.82) is 0 Å². The van der Waals surface area contributed by atoms with E-state index in [4.69, 9.17) is 0 Å². The average molecular weight is 329 g/mol. The summed E-state index contributed by atoms with van der Waals surface area (Å²) in [6.07, 6.45) is 9.87. The Kier molecular flexibility index (Phi) is 5.38. The van der Waals surface area contributed by atoms with Crippen molar-refractivity contribution in [2.24, 2.45) is 5.92 Å². The number of hydrogen-bond donors (Lipinski definition) is 1. The zero-order valence-corrected chi connectivity index (χ0v) is 14.5. The van der Waals surface area contributed by atoms with Crippen LogP contribution in [-0.4, -0.2) is 34.9 Å². The molecule has 0 bridgehead atoms. The van der Waals surface area contributed by atoms with Gasteiger partial charge in [0.05, 0.1) is 6.54 Å². The van der Waals surface area contributed by atoms with Crippen molar-refractivity contribution in [3.8, 4) is 0 Å². The van der Waals surface area contributed by atoms with Crippen LogP contribution in [0.3, 0.4) is 0 Å². The van der Waals surface area contributed by atoms with Gasteiger partial charge in [0.25, 0.3) is 0 Å². The Labute approximate surface area is 143 Å². The summed E-state index contributed by atoms with van der Waals surface area (Å²) in [5.41, 5.74) is 2.44. The number of amides is 2. The first kappa shape index (κ1) is 16.8. The molecule has 0 radical (unpaired) electrons. The van der Waals surface area contributed by atoms with E-state index in [-0.39, 0.29) is 17.7 Å². The summed E-state index contributed by atoms with van der Waals surface area (Å²) in [4.78, 5) is 26.6. The lowest BCUT2D eigenvalue weighted by Gasteiger charge is -2.25. The van der Waals surface area contributed by atoms with Gasteiger partial charge in [-0.2, -0.15) is 0 Å². The van der Waals surface area contributed by atoms with E-state index >= 15 is 0 Å². The second kappa shape index (κ2) is 7.69. The van der Waals surface area contributed by atoms with Gasteiger partial charge in [0, 0.05) is 50.8 Å². The molecule has 0 unspecified atom stereocenters. The lowest BCUT2D eigenvalue weighted by atomic mass is 9.96. The molecule has 130 valence electrons. The number of hydrogen-bond acceptors (Lipinski definition) is 2. The standard InChI is InChI=1S/C19H27N3O2/c1-20-18(23)10-16-12-21-9-5-8-17(21)14-22(13-16)19(24)11-15-6-3-2-4-7-15/h5-6,8-9,16H,2-4,7,10-14H2,1H3,(H,20,23)/t16-/m0/s1. The van der Waals surface area contributed by atoms with Gasteiger partial charge in [-0.3, -0.25) is 9.59 Å². The van der Waals surface area contributed by atoms with Crippen molar-refractivity contribution in [3.05, 3.63) is 35.7 Å². The SMILES string of the molecule is CNC(=O)C[C@@H]1CN(C(=O)CC2=CCCCC2)Cc2cccn2C1. The molecule has 0 spiro atoms. The van der Waals surface area contributed by atoms with Gasteiger partial charge in [0.1, 0.15) is 0 Å². The van der Waals surface area contributed by atoms with E-state index in [0.717, 1.165) is 25.1 Å². The van der Waals surface area contributed by atoms with Crippen molar-refractivity contribution in [2.75, 3.05) is 13.6 Å². The summed E-state index contributed by atoms with van der Waals surface area (Å²) < 4.78 is 2.18. The largest absolute Gasteiger partial charge is 0.359 e. The molecule has 1 aromatic rings. The van der Waals surface area contributed by atoms with Crippen LogP contribution in [0.5, 0.6) is 0 Å². The first-order valence-electron chi connectivity index (χ1n) is 8.96. The van der Waals surface area contributed by atoms with E-state index in [1.807, 2.05) is 17.2 Å². The lowest BCUT2D eigenvalue weighted by Crippen LogP contribution is -2.35. The smallest absolute Gasteiger partial charge is 0.227 e. The normalized spacial score (nSPS) is 20.8. The van der Waals surface area contributed by atoms with E-state index in [1.54, 1.807) is 7.05 Å². The van der Waals surface area contributed by atoms with Gasteiger partial charge >= 0.3 is 0 Å². The number of rotatable bonds is 4. The molecule has 2 heterocycles. The zero-order valence-electron chi connectivity index (χ0n) is 14.5. The van der Waals surface area contributed by atoms with Crippen molar-refractivity contribution in [3.63, 3.8) is 0 Å². The molecule has 1 aliphatic carbocycles. The third kappa shape index (κ3) is 4.08. The Bertz CT molecular complexity index is 632. The van der Waals surface area contributed by atoms with Crippen molar-refractivity contribution >= 4 is 11.8 Å². The number of carbonyl (C=O) groups excluding carboxylic acids is 2. The summed E-state index contributed by atoms with van der Waals surface area (Å²) >= 11 is 0. The van der Waals surface area contributed by atoms with E-state index in [1.165, 1.54) is 18.4 Å². The summed E-state index contributed by atoms with van der Waals surface area (Å²) in [6, 6.07) is 4.09. The third-order valence-corrected chi connectivity index (χ3v) is 5.08. The number of fused-ring (bicyclic) bond motifs is 1. The van der Waals surface area contributed by atoms with Crippen LogP contribution in [0.1, 0.15) is 44.2 Å². The minimum atomic E-state index is 0.0398. The van der Waals surface area contributed by atoms with Crippen LogP contribution in [0.15, 0.2) is 30.0 Å². The number of allylic oxidation sites excluding steroid dienone is 1. The molecular weight excluding hydrogens is 302 g/mol. The fourth-order valence-corrected chi connectivity index (χ4v) is 3.73. The predicted octanol–water partition coefficient (Wildman–Crippen LogP) is 2.47. The molecule has 0 aromatic carbocycles. The Morgan fingerprint density at radius 1 is 1.29 bits per heavy atom. The van der Waals surface area contributed by atoms with Crippen LogP contribution >= 0.6 is 0 Å². The quantitative estimate of drug-likeness (QED) is 0.863. The molecule has 5 nitrogen and oxygen atoms in total. The van der Waals surface area contributed by atoms with Crippen LogP contribution in [0, 0.1) is 5.92 Å². The fourth-order valence-electron chi connectivity index (χ4n) is 3.73. The van der Waals surface area contributed by atoms with Gasteiger partial charge in [-0.15, -0.1) is 0 Å². The molecule has 24 heavy (non-hydrogen) atoms. The van der Waals surface area contributed by atoms with Crippen LogP contribution in [-0.2, 0) is 22.7 Å². The molecule has 0 saturated heterocycles. The summed E-state index contributed by atoms with van der Waals surface area (Å²) in [5.74, 6) is 0.389. The molecule has 3 rings (SSSR count). The minimum absolute atomic E-state index is 0.0398. The van der Waals surface area contributed by atoms with Gasteiger partial charge in [0.2, 0.25) is 11.8 Å². The van der Waals surface area contributed by atoms with Gasteiger partial charge in [0.15, 0.2) is 0 Å². The Balaban J connectivity index is 1.72. The van der Waals surface area contributed by atoms with Crippen LogP contribution in [0.25, 0.3) is 0 Å². The highest BCUT2D eigenvalue weighted by Crippen LogP contribution is 2.24. The van der Waals surface area contributed by atoms with E-state index in [0.29, 0.717) is 25.9 Å². The lowest BCUT2D eigenvalue weighted by molar-refractivity contribution is -0.132. The first-order chi connectivity index (χ1) is 11.7. The molecule has 1 aromatic heterocycles. The molecule has 1 aliphatic heterocycles. The highest BCUT2D eigenvalue weighted by atomic mass is 16.2. The zero-order chi connectivity index (χ0) is 16.9. The maximum absolute atomic E-state index is 12.8. The highest BCUT2D eigenvalue weighted by Gasteiger charge is 2.26. The van der Waals surface area contributed by atoms with Crippen molar-refractivity contribution in [2.45, 2.75) is 51.6 Å². The van der Waals surface area contributed by atoms with Gasteiger partial charge < -0.3 is 14.8 Å². The summed E-state index contributed by atoms with van der Waals surface area (Å²) in [7, 11) is 1.67. The Hall–Kier alpha value is -2.04. The molecule has 0 saturated carbocycles. The molecule has 2 amide bonds. The second-order valence-corrected chi connectivity index (χ2v) is 6.95. The number of carbonyl (C=O) groups is 2. The summed E-state index contributed by atoms with van der Waals surface area (Å²) in [5, 5.41) is 2.70. The molecule has 1 N–H and O–H groups in total. The number of nitrogens with one attached hydrogen (secondary N) is 1. The molecule has 2 aliphatic rings. The number of nitrogens with zero attached hydrogens (tertiary/aromatic N) is 2. The topological polar surface area (TPSA) is 54.3 Å². The average Bonchev–Trinajstić information content (AvgIpc) is 2.94. The fraction of sp³-hybridized carbons (Fsp3) is 0.579. The third-order valence-electron chi connectivity index (χ3n) is 5.08. The van der Waals surface area contributed by atoms with Crippen molar-refractivity contribution < 1.29 is 9.59 Å². The van der Waals surface area contributed by atoms with Gasteiger partial charge in [-0.1, -0.05) is 11.6 Å². The van der Waals surface area contributed by atoms with E-state index in [2.05, 4.69) is 22.0 Å². The monoisotopic (exact) mass is 329 g/mol. The predicted molar refractivity (Wildman–Crippen MR) is 93.2 cm³/mol. The first-order valence-corrected chi connectivity index (χ1v) is 8.96. The molecule has 0 fully saturated rings. The van der Waals surface area contributed by atoms with E-state index in [9.17, 15) is 9.59 Å². The Morgan fingerprint density at radius 2 is 2.17 bits per heavy atom. The van der Waals surface area contributed by atoms with Crippen LogP contribution < -0.4 is 5.32 Å². The molecular formula is C19H27N3O2. The molecule has 5 heteroatoms. The van der Waals surface area contributed by atoms with Gasteiger partial charge in [-0.05, 0) is 37.8 Å². The van der Waals surface area contributed by atoms with Crippen LogP contribution in [0.4, 0.5) is 0 Å². The van der Waals surface area contributed by atoms with Crippen molar-refractivity contribution in [1.82, 2.24) is 14.8 Å². The Morgan fingerprint density at radius 3 is 2.92 bits per heavy atom. The summed E-state index contributed by atoms with van der Waals surface area (Å²) in [6.45, 7) is 2.09. The number of aromatic nitrogens is 1. The molecule has 1 atom stereocenters. The van der Waals surface area contributed by atoms with E-state index < -0.39 is 0 Å². The highest BCUT2D eigenvalue weighted by molar-refractivity contribution is 5.79. The van der Waals surface area contributed by atoms with Crippen LogP contribution in [0.2, 0.25) is 0 Å². The van der Waals surface area contributed by atoms with Gasteiger partial charge in [-0.25, -0.2) is 0 Å². The minimum Gasteiger partial charge on any atom is -0.359 e. The maximum atomic E-state index is 12.8.